The third-order valence-electron chi connectivity index (χ3n) is 3.83. The van der Waals surface area contributed by atoms with Gasteiger partial charge in [0.05, 0.1) is 23.7 Å². The number of hydrogen-bond acceptors (Lipinski definition) is 4. The Morgan fingerprint density at radius 1 is 1.29 bits per heavy atom. The quantitative estimate of drug-likeness (QED) is 0.413. The SMILES string of the molecule is COC(=O)c1cc(Br)c2c(c1)n(C)c(=O)n2COCC[Si](C)(C)C. The summed E-state index contributed by atoms with van der Waals surface area (Å²) in [7, 11) is 1.84. The lowest BCUT2D eigenvalue weighted by atomic mass is 10.2. The standard InChI is InChI=1S/C16H23BrN2O4Si/c1-18-13-9-11(15(20)22-2)8-12(17)14(13)19(16(18)21)10-23-6-7-24(3,4)5/h8-9H,6-7,10H2,1-5H3. The highest BCUT2D eigenvalue weighted by atomic mass is 79.9. The lowest BCUT2D eigenvalue weighted by Gasteiger charge is -2.15. The summed E-state index contributed by atoms with van der Waals surface area (Å²) in [6.07, 6.45) is 0. The number of esters is 1. The van der Waals surface area contributed by atoms with E-state index in [4.69, 9.17) is 9.47 Å². The molecule has 24 heavy (non-hydrogen) atoms. The maximum Gasteiger partial charge on any atom is 0.337 e. The minimum atomic E-state index is -1.17. The fourth-order valence-corrected chi connectivity index (χ4v) is 3.80. The summed E-state index contributed by atoms with van der Waals surface area (Å²) in [5.74, 6) is -0.441. The average Bonchev–Trinajstić information content (AvgIpc) is 2.75. The monoisotopic (exact) mass is 414 g/mol. The Hall–Kier alpha value is -1.38. The number of nitrogens with zero attached hydrogens (tertiary/aromatic N) is 2. The van der Waals surface area contributed by atoms with Crippen molar-refractivity contribution >= 4 is 41.0 Å². The predicted octanol–water partition coefficient (Wildman–Crippen LogP) is 3.20. The maximum absolute atomic E-state index is 12.5. The van der Waals surface area contributed by atoms with Crippen molar-refractivity contribution in [2.75, 3.05) is 13.7 Å². The summed E-state index contributed by atoms with van der Waals surface area (Å²) < 4.78 is 14.2. The first kappa shape index (κ1) is 18.9. The molecule has 1 aromatic heterocycles. The Bertz CT molecular complexity index is 820. The van der Waals surface area contributed by atoms with Crippen molar-refractivity contribution in [3.8, 4) is 0 Å². The molecule has 132 valence electrons. The van der Waals surface area contributed by atoms with E-state index in [9.17, 15) is 9.59 Å². The molecule has 1 aromatic carbocycles. The van der Waals surface area contributed by atoms with E-state index in [1.165, 1.54) is 11.7 Å². The molecule has 0 aliphatic heterocycles. The fourth-order valence-electron chi connectivity index (χ4n) is 2.38. The summed E-state index contributed by atoms with van der Waals surface area (Å²) in [6.45, 7) is 7.68. The lowest BCUT2D eigenvalue weighted by Crippen LogP contribution is -2.25. The summed E-state index contributed by atoms with van der Waals surface area (Å²) in [5.41, 5.74) is 1.58. The van der Waals surface area contributed by atoms with Crippen LogP contribution < -0.4 is 5.69 Å². The second-order valence-electron chi connectivity index (χ2n) is 6.94. The van der Waals surface area contributed by atoms with Crippen LogP contribution in [0.15, 0.2) is 21.4 Å². The third kappa shape index (κ3) is 3.99. The molecular weight excluding hydrogens is 392 g/mol. The van der Waals surface area contributed by atoms with Crippen LogP contribution in [0, 0.1) is 0 Å². The van der Waals surface area contributed by atoms with Crippen molar-refractivity contribution in [2.45, 2.75) is 32.4 Å². The number of carbonyl (C=O) groups excluding carboxylic acids is 1. The van der Waals surface area contributed by atoms with E-state index in [-0.39, 0.29) is 12.4 Å². The number of rotatable bonds is 6. The van der Waals surface area contributed by atoms with E-state index < -0.39 is 14.0 Å². The zero-order valence-electron chi connectivity index (χ0n) is 14.7. The van der Waals surface area contributed by atoms with Crippen LogP contribution in [-0.4, -0.2) is 36.9 Å². The number of aryl methyl sites for hydroxylation is 1. The van der Waals surface area contributed by atoms with Crippen molar-refractivity contribution in [1.29, 1.82) is 0 Å². The molecule has 0 radical (unpaired) electrons. The van der Waals surface area contributed by atoms with E-state index in [0.717, 1.165) is 6.04 Å². The summed E-state index contributed by atoms with van der Waals surface area (Å²) in [4.78, 5) is 24.3. The Morgan fingerprint density at radius 3 is 2.54 bits per heavy atom. The molecule has 6 nitrogen and oxygen atoms in total. The van der Waals surface area contributed by atoms with Gasteiger partial charge in [0.15, 0.2) is 0 Å². The molecule has 1 heterocycles. The summed E-state index contributed by atoms with van der Waals surface area (Å²) in [6, 6.07) is 4.36. The van der Waals surface area contributed by atoms with E-state index in [2.05, 4.69) is 35.6 Å². The first-order valence-corrected chi connectivity index (χ1v) is 12.2. The fraction of sp³-hybridized carbons (Fsp3) is 0.500. The van der Waals surface area contributed by atoms with Crippen LogP contribution in [0.2, 0.25) is 25.7 Å². The normalized spacial score (nSPS) is 11.9. The largest absolute Gasteiger partial charge is 0.465 e. The number of hydrogen-bond donors (Lipinski definition) is 0. The van der Waals surface area contributed by atoms with Crippen LogP contribution in [0.5, 0.6) is 0 Å². The molecule has 8 heteroatoms. The number of aromatic nitrogens is 2. The van der Waals surface area contributed by atoms with Gasteiger partial charge in [-0.1, -0.05) is 19.6 Å². The van der Waals surface area contributed by atoms with Crippen molar-refractivity contribution in [2.24, 2.45) is 7.05 Å². The van der Waals surface area contributed by atoms with Gasteiger partial charge in [0.2, 0.25) is 0 Å². The van der Waals surface area contributed by atoms with Gasteiger partial charge >= 0.3 is 11.7 Å². The molecule has 2 rings (SSSR count). The summed E-state index contributed by atoms with van der Waals surface area (Å²) in [5, 5.41) is 0. The molecule has 0 aliphatic rings. The van der Waals surface area contributed by atoms with Crippen LogP contribution in [0.25, 0.3) is 11.0 Å². The Balaban J connectivity index is 2.36. The molecule has 0 spiro atoms. The van der Waals surface area contributed by atoms with E-state index in [1.807, 2.05) is 0 Å². The molecule has 0 atom stereocenters. The van der Waals surface area contributed by atoms with Crippen molar-refractivity contribution < 1.29 is 14.3 Å². The highest BCUT2D eigenvalue weighted by Crippen LogP contribution is 2.25. The van der Waals surface area contributed by atoms with Crippen LogP contribution in [0.3, 0.4) is 0 Å². The second kappa shape index (κ2) is 7.24. The van der Waals surface area contributed by atoms with Crippen molar-refractivity contribution in [1.82, 2.24) is 9.13 Å². The maximum atomic E-state index is 12.5. The zero-order chi connectivity index (χ0) is 18.1. The van der Waals surface area contributed by atoms with Crippen LogP contribution >= 0.6 is 15.9 Å². The Kier molecular flexibility index (Phi) is 5.72. The van der Waals surface area contributed by atoms with Gasteiger partial charge < -0.3 is 9.47 Å². The highest BCUT2D eigenvalue weighted by molar-refractivity contribution is 9.10. The first-order chi connectivity index (χ1) is 11.2. The van der Waals surface area contributed by atoms with Gasteiger partial charge in [-0.15, -0.1) is 0 Å². The molecule has 0 bridgehead atoms. The van der Waals surface area contributed by atoms with E-state index in [0.29, 0.717) is 27.7 Å². The van der Waals surface area contributed by atoms with Gasteiger partial charge in [-0.2, -0.15) is 0 Å². The highest BCUT2D eigenvalue weighted by Gasteiger charge is 2.18. The predicted molar refractivity (Wildman–Crippen MR) is 100 cm³/mol. The van der Waals surface area contributed by atoms with Gasteiger partial charge in [-0.05, 0) is 34.1 Å². The zero-order valence-corrected chi connectivity index (χ0v) is 17.3. The minimum absolute atomic E-state index is 0.180. The first-order valence-electron chi connectivity index (χ1n) is 7.70. The molecule has 0 unspecified atom stereocenters. The Labute approximate surface area is 150 Å². The second-order valence-corrected chi connectivity index (χ2v) is 13.4. The number of halogens is 1. The van der Waals surface area contributed by atoms with Gasteiger partial charge in [-0.25, -0.2) is 9.59 Å². The topological polar surface area (TPSA) is 62.5 Å². The summed E-state index contributed by atoms with van der Waals surface area (Å²) >= 11 is 3.45. The molecule has 0 saturated heterocycles. The number of benzene rings is 1. The smallest absolute Gasteiger partial charge is 0.337 e. The number of carbonyl (C=O) groups is 1. The van der Waals surface area contributed by atoms with Gasteiger partial charge in [-0.3, -0.25) is 9.13 Å². The average molecular weight is 415 g/mol. The van der Waals surface area contributed by atoms with Crippen molar-refractivity contribution in [3.05, 3.63) is 32.7 Å². The molecule has 0 amide bonds. The number of ether oxygens (including phenoxy) is 2. The van der Waals surface area contributed by atoms with Gasteiger partial charge in [0.25, 0.3) is 0 Å². The van der Waals surface area contributed by atoms with Crippen LogP contribution in [0.4, 0.5) is 0 Å². The Morgan fingerprint density at radius 2 is 1.96 bits per heavy atom. The molecular formula is C16H23BrN2O4Si. The van der Waals surface area contributed by atoms with E-state index in [1.54, 1.807) is 23.7 Å². The molecule has 2 aromatic rings. The number of methoxy groups -OCH3 is 1. The number of fused-ring (bicyclic) bond motifs is 1. The van der Waals surface area contributed by atoms with E-state index >= 15 is 0 Å². The number of imidazole rings is 1. The molecule has 0 saturated carbocycles. The van der Waals surface area contributed by atoms with Crippen molar-refractivity contribution in [3.63, 3.8) is 0 Å². The molecule has 0 fully saturated rings. The molecule has 0 N–H and O–H groups in total. The lowest BCUT2D eigenvalue weighted by molar-refractivity contribution is 0.0601. The molecule has 0 aliphatic carbocycles. The van der Waals surface area contributed by atoms with Gasteiger partial charge in [0, 0.05) is 26.2 Å². The minimum Gasteiger partial charge on any atom is -0.465 e. The third-order valence-corrected chi connectivity index (χ3v) is 6.14. The van der Waals surface area contributed by atoms with Crippen LogP contribution in [0.1, 0.15) is 10.4 Å². The van der Waals surface area contributed by atoms with Gasteiger partial charge in [0.1, 0.15) is 6.73 Å². The van der Waals surface area contributed by atoms with Crippen LogP contribution in [-0.2, 0) is 23.3 Å².